The van der Waals surface area contributed by atoms with E-state index >= 15 is 0 Å². The fourth-order valence-corrected chi connectivity index (χ4v) is 2.20. The van der Waals surface area contributed by atoms with Gasteiger partial charge in [0.2, 0.25) is 0 Å². The van der Waals surface area contributed by atoms with Gasteiger partial charge in [-0.2, -0.15) is 0 Å². The lowest BCUT2D eigenvalue weighted by atomic mass is 10.1. The van der Waals surface area contributed by atoms with E-state index in [0.717, 1.165) is 24.1 Å². The molecule has 0 saturated heterocycles. The van der Waals surface area contributed by atoms with E-state index in [2.05, 4.69) is 5.32 Å². The van der Waals surface area contributed by atoms with Crippen molar-refractivity contribution in [3.63, 3.8) is 0 Å². The zero-order valence-corrected chi connectivity index (χ0v) is 14.4. The summed E-state index contributed by atoms with van der Waals surface area (Å²) in [4.78, 5) is 23.8. The van der Waals surface area contributed by atoms with Crippen LogP contribution in [0.15, 0.2) is 42.5 Å². The molecule has 5 nitrogen and oxygen atoms in total. The van der Waals surface area contributed by atoms with Crippen molar-refractivity contribution in [2.75, 3.05) is 11.9 Å². The molecule has 0 aliphatic rings. The minimum atomic E-state index is -1.24. The Balaban J connectivity index is 1.89. The predicted octanol–water partition coefficient (Wildman–Crippen LogP) is 3.48. The number of benzene rings is 2. The van der Waals surface area contributed by atoms with Crippen LogP contribution in [0.2, 0.25) is 0 Å². The standard InChI is InChI=1S/C19H19F2NO4/c1-3-13-7-4-5-10-16(13)25-11-17(23)26-12(2)19(24)22-18-14(20)8-6-9-15(18)21/h4-10,12H,3,11H2,1-2H3,(H,22,24). The first kappa shape index (κ1) is 19.4. The van der Waals surface area contributed by atoms with Gasteiger partial charge in [-0.3, -0.25) is 4.79 Å². The number of ether oxygens (including phenoxy) is 2. The van der Waals surface area contributed by atoms with Crippen LogP contribution in [0.1, 0.15) is 19.4 Å². The van der Waals surface area contributed by atoms with E-state index in [1.165, 1.54) is 13.0 Å². The molecule has 0 radical (unpaired) electrons. The summed E-state index contributed by atoms with van der Waals surface area (Å²) in [6, 6.07) is 10.4. The minimum absolute atomic E-state index is 0.386. The van der Waals surface area contributed by atoms with Gasteiger partial charge < -0.3 is 14.8 Å². The fraction of sp³-hybridized carbons (Fsp3) is 0.263. The first-order chi connectivity index (χ1) is 12.4. The molecule has 0 aromatic heterocycles. The Labute approximate surface area is 149 Å². The summed E-state index contributed by atoms with van der Waals surface area (Å²) < 4.78 is 37.4. The Morgan fingerprint density at radius 2 is 1.73 bits per heavy atom. The summed E-state index contributed by atoms with van der Waals surface area (Å²) in [7, 11) is 0. The quantitative estimate of drug-likeness (QED) is 0.765. The normalized spacial score (nSPS) is 11.5. The molecule has 2 aromatic rings. The van der Waals surface area contributed by atoms with Gasteiger partial charge in [0.25, 0.3) is 5.91 Å². The van der Waals surface area contributed by atoms with Gasteiger partial charge >= 0.3 is 5.97 Å². The molecule has 1 atom stereocenters. The summed E-state index contributed by atoms with van der Waals surface area (Å²) in [6.07, 6.45) is -0.510. The second-order valence-corrected chi connectivity index (χ2v) is 5.47. The van der Waals surface area contributed by atoms with Crippen LogP contribution in [0.4, 0.5) is 14.5 Å². The zero-order valence-electron chi connectivity index (χ0n) is 14.4. The third kappa shape index (κ3) is 5.02. The Morgan fingerprint density at radius 3 is 2.38 bits per heavy atom. The van der Waals surface area contributed by atoms with Crippen LogP contribution in [0.5, 0.6) is 5.75 Å². The van der Waals surface area contributed by atoms with Gasteiger partial charge in [-0.25, -0.2) is 13.6 Å². The highest BCUT2D eigenvalue weighted by Crippen LogP contribution is 2.19. The highest BCUT2D eigenvalue weighted by Gasteiger charge is 2.21. The summed E-state index contributed by atoms with van der Waals surface area (Å²) in [5.41, 5.74) is 0.342. The van der Waals surface area contributed by atoms with Gasteiger partial charge in [0.05, 0.1) is 0 Å². The maximum Gasteiger partial charge on any atom is 0.344 e. The third-order valence-corrected chi connectivity index (χ3v) is 3.59. The molecule has 0 fully saturated rings. The van der Waals surface area contributed by atoms with Crippen molar-refractivity contribution >= 4 is 17.6 Å². The van der Waals surface area contributed by atoms with Crippen molar-refractivity contribution in [3.8, 4) is 5.75 Å². The molecule has 2 rings (SSSR count). The van der Waals surface area contributed by atoms with Crippen LogP contribution in [0, 0.1) is 11.6 Å². The number of anilines is 1. The molecule has 138 valence electrons. The van der Waals surface area contributed by atoms with Crippen molar-refractivity contribution in [1.82, 2.24) is 0 Å². The van der Waals surface area contributed by atoms with Crippen LogP contribution >= 0.6 is 0 Å². The van der Waals surface area contributed by atoms with Crippen molar-refractivity contribution in [2.45, 2.75) is 26.4 Å². The molecule has 1 amide bonds. The topological polar surface area (TPSA) is 64.6 Å². The molecule has 26 heavy (non-hydrogen) atoms. The van der Waals surface area contributed by atoms with E-state index in [-0.39, 0.29) is 6.61 Å². The Morgan fingerprint density at radius 1 is 1.08 bits per heavy atom. The van der Waals surface area contributed by atoms with Crippen molar-refractivity contribution in [3.05, 3.63) is 59.7 Å². The molecule has 0 aliphatic carbocycles. The first-order valence-corrected chi connectivity index (χ1v) is 8.07. The van der Waals surface area contributed by atoms with Crippen molar-refractivity contribution in [2.24, 2.45) is 0 Å². The Kier molecular flexibility index (Phi) is 6.66. The van der Waals surface area contributed by atoms with Crippen LogP contribution in [0.3, 0.4) is 0 Å². The Hall–Kier alpha value is -2.96. The molecule has 0 spiro atoms. The number of esters is 1. The second kappa shape index (κ2) is 8.94. The number of hydrogen-bond acceptors (Lipinski definition) is 4. The number of carbonyl (C=O) groups is 2. The van der Waals surface area contributed by atoms with E-state index in [4.69, 9.17) is 9.47 Å². The SMILES string of the molecule is CCc1ccccc1OCC(=O)OC(C)C(=O)Nc1c(F)cccc1F. The van der Waals surface area contributed by atoms with E-state index < -0.39 is 35.3 Å². The molecule has 2 aromatic carbocycles. The Bertz CT molecular complexity index is 775. The summed E-state index contributed by atoms with van der Waals surface area (Å²) in [5.74, 6) is -2.91. The van der Waals surface area contributed by atoms with E-state index in [1.54, 1.807) is 12.1 Å². The number of rotatable bonds is 7. The van der Waals surface area contributed by atoms with Gasteiger partial charge in [-0.1, -0.05) is 31.2 Å². The molecule has 1 unspecified atom stereocenters. The van der Waals surface area contributed by atoms with Crippen LogP contribution in [-0.4, -0.2) is 24.6 Å². The van der Waals surface area contributed by atoms with Gasteiger partial charge in [-0.05, 0) is 37.1 Å². The first-order valence-electron chi connectivity index (χ1n) is 8.07. The fourth-order valence-electron chi connectivity index (χ4n) is 2.20. The maximum atomic E-state index is 13.5. The third-order valence-electron chi connectivity index (χ3n) is 3.59. The number of carbonyl (C=O) groups excluding carboxylic acids is 2. The monoisotopic (exact) mass is 363 g/mol. The number of hydrogen-bond donors (Lipinski definition) is 1. The van der Waals surface area contributed by atoms with Crippen molar-refractivity contribution < 1.29 is 27.8 Å². The summed E-state index contributed by atoms with van der Waals surface area (Å²) in [6.45, 7) is 2.86. The summed E-state index contributed by atoms with van der Waals surface area (Å²) >= 11 is 0. The predicted molar refractivity (Wildman–Crippen MR) is 91.9 cm³/mol. The van der Waals surface area contributed by atoms with E-state index in [0.29, 0.717) is 5.75 Å². The molecule has 0 aliphatic heterocycles. The minimum Gasteiger partial charge on any atom is -0.482 e. The number of aryl methyl sites for hydroxylation is 1. The molecule has 0 bridgehead atoms. The largest absolute Gasteiger partial charge is 0.482 e. The molecule has 0 heterocycles. The summed E-state index contributed by atoms with van der Waals surface area (Å²) in [5, 5.41) is 2.07. The highest BCUT2D eigenvalue weighted by molar-refractivity contribution is 5.95. The lowest BCUT2D eigenvalue weighted by Crippen LogP contribution is -2.32. The molecule has 1 N–H and O–H groups in total. The average molecular weight is 363 g/mol. The molecule has 7 heteroatoms. The number of para-hydroxylation sites is 2. The number of amides is 1. The maximum absolute atomic E-state index is 13.5. The lowest BCUT2D eigenvalue weighted by molar-refractivity contribution is -0.155. The van der Waals surface area contributed by atoms with Crippen molar-refractivity contribution in [1.29, 1.82) is 0 Å². The second-order valence-electron chi connectivity index (χ2n) is 5.47. The highest BCUT2D eigenvalue weighted by atomic mass is 19.1. The molecular formula is C19H19F2NO4. The average Bonchev–Trinajstić information content (AvgIpc) is 2.63. The smallest absolute Gasteiger partial charge is 0.344 e. The van der Waals surface area contributed by atoms with Crippen LogP contribution in [0.25, 0.3) is 0 Å². The van der Waals surface area contributed by atoms with Gasteiger partial charge in [-0.15, -0.1) is 0 Å². The lowest BCUT2D eigenvalue weighted by Gasteiger charge is -2.15. The van der Waals surface area contributed by atoms with Gasteiger partial charge in [0.1, 0.15) is 23.1 Å². The van der Waals surface area contributed by atoms with Crippen LogP contribution < -0.4 is 10.1 Å². The number of nitrogens with one attached hydrogen (secondary N) is 1. The van der Waals surface area contributed by atoms with E-state index in [1.807, 2.05) is 19.1 Å². The van der Waals surface area contributed by atoms with Gasteiger partial charge in [0, 0.05) is 0 Å². The van der Waals surface area contributed by atoms with Crippen LogP contribution in [-0.2, 0) is 20.7 Å². The van der Waals surface area contributed by atoms with E-state index in [9.17, 15) is 18.4 Å². The molecule has 0 saturated carbocycles. The molecular weight excluding hydrogens is 344 g/mol. The zero-order chi connectivity index (χ0) is 19.1. The number of halogens is 2. The van der Waals surface area contributed by atoms with Gasteiger partial charge in [0.15, 0.2) is 12.7 Å².